The number of ether oxygens (including phenoxy) is 4. The van der Waals surface area contributed by atoms with Crippen LogP contribution in [0.1, 0.15) is 52.9 Å². The molecule has 0 amide bonds. The molecule has 0 aromatic heterocycles. The molecular formula is C23H33NO6. The van der Waals surface area contributed by atoms with Crippen LogP contribution in [0.2, 0.25) is 0 Å². The Morgan fingerprint density at radius 2 is 1.97 bits per heavy atom. The molecule has 5 fully saturated rings. The molecule has 30 heavy (non-hydrogen) atoms. The second-order valence-corrected chi connectivity index (χ2v) is 9.70. The molecule has 1 unspecified atom stereocenters. The molecule has 7 nitrogen and oxygen atoms in total. The van der Waals surface area contributed by atoms with Crippen molar-refractivity contribution >= 4 is 11.8 Å². The lowest BCUT2D eigenvalue weighted by atomic mass is 9.69. The Bertz CT molecular complexity index is 810. The first kappa shape index (κ1) is 20.5. The number of nitrogens with zero attached hydrogens (tertiary/aromatic N) is 1. The number of carbonyl (C=O) groups is 2. The molecule has 1 spiro atoms. The van der Waals surface area contributed by atoms with Gasteiger partial charge in [-0.3, -0.25) is 9.69 Å². The topological polar surface area (TPSA) is 74.3 Å². The molecule has 0 aliphatic carbocycles. The van der Waals surface area contributed by atoms with Gasteiger partial charge in [0.2, 0.25) is 5.78 Å². The first-order valence-electron chi connectivity index (χ1n) is 11.4. The molecule has 7 heteroatoms. The van der Waals surface area contributed by atoms with Gasteiger partial charge in [-0.05, 0) is 38.6 Å². The Morgan fingerprint density at radius 3 is 2.63 bits per heavy atom. The summed E-state index contributed by atoms with van der Waals surface area (Å²) in [5.41, 5.74) is 0.254. The van der Waals surface area contributed by atoms with E-state index in [1.54, 1.807) is 6.92 Å². The molecule has 0 saturated carbocycles. The van der Waals surface area contributed by atoms with Gasteiger partial charge in [-0.1, -0.05) is 26.7 Å². The highest BCUT2D eigenvalue weighted by molar-refractivity contribution is 6.04. The second kappa shape index (κ2) is 6.78. The number of fused-ring (bicyclic) bond motifs is 1. The predicted molar refractivity (Wildman–Crippen MR) is 107 cm³/mol. The van der Waals surface area contributed by atoms with Crippen LogP contribution in [0.15, 0.2) is 11.3 Å². The molecule has 5 aliphatic rings. The minimum absolute atomic E-state index is 0.00979. The van der Waals surface area contributed by atoms with Crippen LogP contribution < -0.4 is 0 Å². The largest absolute Gasteiger partial charge is 0.492 e. The number of rotatable bonds is 7. The van der Waals surface area contributed by atoms with Crippen LogP contribution in [0.25, 0.3) is 0 Å². The SMILES string of the molecule is CCCC[C@@]12[C@@H]3C[C@H]4[C@H]5[C@H](C)[C@@H](C(=O)/C(OC)=C(\C)C(=O)OC)O[C@]5(O3)[C@@H]1CCN42. The predicted octanol–water partition coefficient (Wildman–Crippen LogP) is 2.43. The van der Waals surface area contributed by atoms with Crippen molar-refractivity contribution in [1.29, 1.82) is 0 Å². The number of hydrogen-bond acceptors (Lipinski definition) is 7. The molecule has 5 saturated heterocycles. The van der Waals surface area contributed by atoms with Crippen LogP contribution in [0, 0.1) is 17.8 Å². The van der Waals surface area contributed by atoms with Crippen LogP contribution in [-0.4, -0.2) is 67.0 Å². The molecular weight excluding hydrogens is 386 g/mol. The normalized spacial score (nSPS) is 48.0. The van der Waals surface area contributed by atoms with Crippen LogP contribution in [0.5, 0.6) is 0 Å². The summed E-state index contributed by atoms with van der Waals surface area (Å²) in [5, 5.41) is 0. The van der Waals surface area contributed by atoms with E-state index in [0.717, 1.165) is 25.8 Å². The summed E-state index contributed by atoms with van der Waals surface area (Å²) < 4.78 is 23.5. The minimum Gasteiger partial charge on any atom is -0.492 e. The Hall–Kier alpha value is -1.44. The molecule has 9 atom stereocenters. The van der Waals surface area contributed by atoms with Crippen molar-refractivity contribution in [2.75, 3.05) is 20.8 Å². The van der Waals surface area contributed by atoms with Gasteiger partial charge in [0.25, 0.3) is 0 Å². The average molecular weight is 420 g/mol. The first-order valence-corrected chi connectivity index (χ1v) is 11.4. The van der Waals surface area contributed by atoms with E-state index >= 15 is 0 Å². The van der Waals surface area contributed by atoms with E-state index in [4.69, 9.17) is 18.9 Å². The maximum atomic E-state index is 13.5. The van der Waals surface area contributed by atoms with Gasteiger partial charge >= 0.3 is 5.97 Å². The van der Waals surface area contributed by atoms with E-state index in [0.29, 0.717) is 12.0 Å². The van der Waals surface area contributed by atoms with Crippen molar-refractivity contribution in [3.8, 4) is 0 Å². The molecule has 5 heterocycles. The number of Topliss-reactive ketones (excluding diaryl/α,β-unsaturated/α-hetero) is 1. The van der Waals surface area contributed by atoms with E-state index in [1.807, 2.05) is 0 Å². The van der Waals surface area contributed by atoms with Gasteiger partial charge in [-0.15, -0.1) is 0 Å². The number of esters is 1. The number of hydrogen-bond donors (Lipinski definition) is 0. The molecule has 5 rings (SSSR count). The van der Waals surface area contributed by atoms with Gasteiger partial charge in [-0.2, -0.15) is 0 Å². The zero-order valence-electron chi connectivity index (χ0n) is 18.6. The molecule has 0 radical (unpaired) electrons. The van der Waals surface area contributed by atoms with Crippen molar-refractivity contribution in [2.24, 2.45) is 17.8 Å². The standard InChI is InChI=1S/C23H33NO6/c1-6-7-9-22-15-8-10-24(22)14-11-16(22)29-23(15)17(14)12(2)20(30-23)18(25)19(27-4)13(3)21(26)28-5/h12,14-17,20H,6-11H2,1-5H3/b19-13-/t12-,14-,15+,16-,17+,20-,22-,23+/m0/s1. The van der Waals surface area contributed by atoms with E-state index < -0.39 is 17.9 Å². The van der Waals surface area contributed by atoms with Gasteiger partial charge in [0.1, 0.15) is 6.10 Å². The Balaban J connectivity index is 1.50. The van der Waals surface area contributed by atoms with Crippen molar-refractivity contribution in [3.63, 3.8) is 0 Å². The highest BCUT2D eigenvalue weighted by Gasteiger charge is 2.83. The van der Waals surface area contributed by atoms with Crippen LogP contribution in [0.4, 0.5) is 0 Å². The van der Waals surface area contributed by atoms with Gasteiger partial charge in [0.15, 0.2) is 11.5 Å². The lowest BCUT2D eigenvalue weighted by Gasteiger charge is -2.49. The summed E-state index contributed by atoms with van der Waals surface area (Å²) in [6, 6.07) is 0.406. The summed E-state index contributed by atoms with van der Waals surface area (Å²) in [6.07, 6.45) is 5.13. The molecule has 0 aromatic rings. The quantitative estimate of drug-likeness (QED) is 0.356. The maximum Gasteiger partial charge on any atom is 0.337 e. The second-order valence-electron chi connectivity index (χ2n) is 9.70. The van der Waals surface area contributed by atoms with Gasteiger partial charge in [-0.25, -0.2) is 4.79 Å². The highest BCUT2D eigenvalue weighted by Crippen LogP contribution is 2.72. The fraction of sp³-hybridized carbons (Fsp3) is 0.826. The molecule has 166 valence electrons. The Kier molecular flexibility index (Phi) is 4.62. The third-order valence-electron chi connectivity index (χ3n) is 8.71. The lowest BCUT2D eigenvalue weighted by Crippen LogP contribution is -2.61. The molecule has 5 aliphatic heterocycles. The van der Waals surface area contributed by atoms with Crippen molar-refractivity contribution in [1.82, 2.24) is 4.90 Å². The summed E-state index contributed by atoms with van der Waals surface area (Å²) in [6.45, 7) is 6.99. The summed E-state index contributed by atoms with van der Waals surface area (Å²) in [7, 11) is 2.71. The van der Waals surface area contributed by atoms with E-state index in [1.165, 1.54) is 27.1 Å². The van der Waals surface area contributed by atoms with Crippen LogP contribution in [0.3, 0.4) is 0 Å². The third-order valence-corrected chi connectivity index (χ3v) is 8.71. The van der Waals surface area contributed by atoms with E-state index in [-0.39, 0.29) is 40.6 Å². The summed E-state index contributed by atoms with van der Waals surface area (Å²) in [4.78, 5) is 28.2. The van der Waals surface area contributed by atoms with Gasteiger partial charge in [0.05, 0.1) is 31.4 Å². The fourth-order valence-electron chi connectivity index (χ4n) is 7.73. The third kappa shape index (κ3) is 2.21. The molecule has 5 bridgehead atoms. The van der Waals surface area contributed by atoms with Gasteiger partial charge < -0.3 is 18.9 Å². The summed E-state index contributed by atoms with van der Waals surface area (Å²) >= 11 is 0. The molecule has 0 aromatic carbocycles. The average Bonchev–Trinajstić information content (AvgIpc) is 3.38. The van der Waals surface area contributed by atoms with E-state index in [2.05, 4.69) is 18.7 Å². The Labute approximate surface area is 178 Å². The first-order chi connectivity index (χ1) is 14.4. The lowest BCUT2D eigenvalue weighted by molar-refractivity contribution is -0.272. The van der Waals surface area contributed by atoms with Crippen molar-refractivity contribution in [3.05, 3.63) is 11.3 Å². The van der Waals surface area contributed by atoms with Crippen LogP contribution in [-0.2, 0) is 28.5 Å². The zero-order chi connectivity index (χ0) is 21.4. The maximum absolute atomic E-state index is 13.5. The van der Waals surface area contributed by atoms with E-state index in [9.17, 15) is 9.59 Å². The highest BCUT2D eigenvalue weighted by atomic mass is 16.7. The number of unbranched alkanes of at least 4 members (excludes halogenated alkanes) is 1. The fourth-order valence-corrected chi connectivity index (χ4v) is 7.73. The van der Waals surface area contributed by atoms with Crippen LogP contribution >= 0.6 is 0 Å². The number of ketones is 1. The smallest absolute Gasteiger partial charge is 0.337 e. The Morgan fingerprint density at radius 1 is 1.20 bits per heavy atom. The van der Waals surface area contributed by atoms with Gasteiger partial charge in [0, 0.05) is 17.9 Å². The summed E-state index contributed by atoms with van der Waals surface area (Å²) in [5.74, 6) is -1.03. The minimum atomic E-state index is -0.675. The number of methoxy groups -OCH3 is 2. The monoisotopic (exact) mass is 419 g/mol. The van der Waals surface area contributed by atoms with Crippen molar-refractivity contribution < 1.29 is 28.5 Å². The molecule has 0 N–H and O–H groups in total. The van der Waals surface area contributed by atoms with Crippen molar-refractivity contribution in [2.45, 2.75) is 82.5 Å². The number of carbonyl (C=O) groups excluding carboxylic acids is 2. The number of piperidine rings is 1. The zero-order valence-corrected chi connectivity index (χ0v) is 18.6.